The van der Waals surface area contributed by atoms with Crippen LogP contribution in [0.15, 0.2) is 29.8 Å². The van der Waals surface area contributed by atoms with E-state index in [1.165, 1.54) is 11.8 Å². The summed E-state index contributed by atoms with van der Waals surface area (Å²) in [5.41, 5.74) is 1.11. The summed E-state index contributed by atoms with van der Waals surface area (Å²) in [6.07, 6.45) is -0.0158. The maximum absolute atomic E-state index is 11.9. The Morgan fingerprint density at radius 2 is 2.24 bits per heavy atom. The molecule has 138 valence electrons. The molecule has 1 saturated heterocycles. The van der Waals surface area contributed by atoms with Gasteiger partial charge in [-0.05, 0) is 17.7 Å². The van der Waals surface area contributed by atoms with E-state index in [-0.39, 0.29) is 12.0 Å². The number of carbonyl (C=O) groups excluding carboxylic acids is 1. The molecule has 1 aromatic carbocycles. The molecule has 5 nitrogen and oxygen atoms in total. The third kappa shape index (κ3) is 7.07. The van der Waals surface area contributed by atoms with Crippen LogP contribution < -0.4 is 10.6 Å². The van der Waals surface area contributed by atoms with Crippen molar-refractivity contribution in [3.63, 3.8) is 0 Å². The molecule has 0 aromatic heterocycles. The van der Waals surface area contributed by atoms with E-state index in [0.29, 0.717) is 28.9 Å². The smallest absolute Gasteiger partial charge is 0.230 e. The predicted molar refractivity (Wildman–Crippen MR) is 105 cm³/mol. The van der Waals surface area contributed by atoms with Gasteiger partial charge in [0, 0.05) is 33.2 Å². The van der Waals surface area contributed by atoms with Crippen LogP contribution in [0.25, 0.3) is 0 Å². The zero-order valence-corrected chi connectivity index (χ0v) is 16.5. The van der Waals surface area contributed by atoms with Gasteiger partial charge in [0.2, 0.25) is 5.91 Å². The van der Waals surface area contributed by atoms with Crippen molar-refractivity contribution in [1.29, 1.82) is 0 Å². The highest BCUT2D eigenvalue weighted by molar-refractivity contribution is 8.03. The number of amides is 1. The number of hydrogen-bond donors (Lipinski definition) is 2. The highest BCUT2D eigenvalue weighted by atomic mass is 35.5. The first-order chi connectivity index (χ1) is 12.0. The van der Waals surface area contributed by atoms with E-state index < -0.39 is 0 Å². The second kappa shape index (κ2) is 10.3. The molecule has 2 N–H and O–H groups in total. The molecule has 2 rings (SSSR count). The van der Waals surface area contributed by atoms with Crippen LogP contribution in [0.3, 0.4) is 0 Å². The summed E-state index contributed by atoms with van der Waals surface area (Å²) in [7, 11) is 1.78. The lowest BCUT2D eigenvalue weighted by atomic mass is 10.2. The Morgan fingerprint density at radius 1 is 1.44 bits per heavy atom. The first-order valence-corrected chi connectivity index (χ1v) is 9.76. The average Bonchev–Trinajstić information content (AvgIpc) is 2.61. The van der Waals surface area contributed by atoms with Crippen LogP contribution in [0.4, 0.5) is 0 Å². The van der Waals surface area contributed by atoms with Gasteiger partial charge in [-0.25, -0.2) is 0 Å². The average molecular weight is 404 g/mol. The van der Waals surface area contributed by atoms with E-state index in [1.54, 1.807) is 7.05 Å². The molecular weight excluding hydrogens is 381 g/mol. The number of morpholine rings is 1. The fourth-order valence-corrected chi connectivity index (χ4v) is 3.32. The standard InChI is InChI=1S/C17H23Cl2N3O2S/c1-12(20-2)25-11-17(23)21-8-14-10-22(5-6-24-14)9-13-3-4-15(18)16(19)7-13/h3-4,7,14,20H,1,5-6,8-11H2,2H3,(H,21,23)/t14-/m0/s1. The van der Waals surface area contributed by atoms with Crippen molar-refractivity contribution in [3.8, 4) is 0 Å². The number of hydrogen-bond acceptors (Lipinski definition) is 5. The van der Waals surface area contributed by atoms with E-state index in [0.717, 1.165) is 30.2 Å². The zero-order chi connectivity index (χ0) is 18.2. The first-order valence-electron chi connectivity index (χ1n) is 8.02. The Kier molecular flexibility index (Phi) is 8.39. The van der Waals surface area contributed by atoms with Crippen molar-refractivity contribution < 1.29 is 9.53 Å². The molecule has 1 fully saturated rings. The van der Waals surface area contributed by atoms with Gasteiger partial charge < -0.3 is 15.4 Å². The number of carbonyl (C=O) groups is 1. The summed E-state index contributed by atoms with van der Waals surface area (Å²) >= 11 is 13.4. The van der Waals surface area contributed by atoms with E-state index in [2.05, 4.69) is 22.1 Å². The largest absolute Gasteiger partial charge is 0.383 e. The molecule has 0 radical (unpaired) electrons. The molecule has 1 amide bonds. The predicted octanol–water partition coefficient (Wildman–Crippen LogP) is 2.73. The molecule has 0 aliphatic carbocycles. The maximum atomic E-state index is 11.9. The van der Waals surface area contributed by atoms with E-state index in [1.807, 2.05) is 18.2 Å². The molecule has 0 bridgehead atoms. The fourth-order valence-electron chi connectivity index (χ4n) is 2.45. The molecular formula is C17H23Cl2N3O2S. The summed E-state index contributed by atoms with van der Waals surface area (Å²) < 4.78 is 5.75. The number of nitrogens with zero attached hydrogens (tertiary/aromatic N) is 1. The number of rotatable bonds is 8. The van der Waals surface area contributed by atoms with Gasteiger partial charge >= 0.3 is 0 Å². The van der Waals surface area contributed by atoms with Crippen molar-refractivity contribution in [2.45, 2.75) is 12.6 Å². The van der Waals surface area contributed by atoms with Gasteiger partial charge in [0.25, 0.3) is 0 Å². The van der Waals surface area contributed by atoms with Gasteiger partial charge in [-0.3, -0.25) is 9.69 Å². The van der Waals surface area contributed by atoms with Crippen LogP contribution in [-0.4, -0.2) is 56.0 Å². The topological polar surface area (TPSA) is 53.6 Å². The Labute approximate surface area is 163 Å². The van der Waals surface area contributed by atoms with Gasteiger partial charge in [-0.1, -0.05) is 47.6 Å². The number of ether oxygens (including phenoxy) is 1. The van der Waals surface area contributed by atoms with Crippen molar-refractivity contribution in [2.75, 3.05) is 39.0 Å². The number of nitrogens with one attached hydrogen (secondary N) is 2. The molecule has 0 unspecified atom stereocenters. The van der Waals surface area contributed by atoms with Crippen LogP contribution in [0, 0.1) is 0 Å². The quantitative estimate of drug-likeness (QED) is 0.698. The minimum absolute atomic E-state index is 0.0158. The highest BCUT2D eigenvalue weighted by Crippen LogP contribution is 2.23. The molecule has 1 atom stereocenters. The SMILES string of the molecule is C=C(NC)SCC(=O)NC[C@H]1CN(Cc2ccc(Cl)c(Cl)c2)CCO1. The van der Waals surface area contributed by atoms with Crippen LogP contribution in [0.2, 0.25) is 10.0 Å². The Bertz CT molecular complexity index is 616. The van der Waals surface area contributed by atoms with Gasteiger partial charge in [0.1, 0.15) is 0 Å². The second-order valence-electron chi connectivity index (χ2n) is 5.74. The van der Waals surface area contributed by atoms with Crippen LogP contribution >= 0.6 is 35.0 Å². The van der Waals surface area contributed by atoms with Crippen molar-refractivity contribution >= 4 is 40.9 Å². The summed E-state index contributed by atoms with van der Waals surface area (Å²) in [4.78, 5) is 14.1. The van der Waals surface area contributed by atoms with Gasteiger partial charge in [0.15, 0.2) is 0 Å². The molecule has 0 saturated carbocycles. The number of halogens is 2. The third-order valence-corrected chi connectivity index (χ3v) is 5.49. The monoisotopic (exact) mass is 403 g/mol. The lowest BCUT2D eigenvalue weighted by Gasteiger charge is -2.33. The van der Waals surface area contributed by atoms with E-state index >= 15 is 0 Å². The van der Waals surface area contributed by atoms with Crippen molar-refractivity contribution in [2.24, 2.45) is 0 Å². The first kappa shape index (κ1) is 20.4. The molecule has 1 aliphatic rings. The highest BCUT2D eigenvalue weighted by Gasteiger charge is 2.21. The van der Waals surface area contributed by atoms with Crippen LogP contribution in [-0.2, 0) is 16.1 Å². The van der Waals surface area contributed by atoms with Gasteiger partial charge in [-0.2, -0.15) is 0 Å². The number of thioether (sulfide) groups is 1. The van der Waals surface area contributed by atoms with Crippen LogP contribution in [0.5, 0.6) is 0 Å². The Hall–Kier alpha value is -0.920. The maximum Gasteiger partial charge on any atom is 0.230 e. The van der Waals surface area contributed by atoms with Crippen molar-refractivity contribution in [1.82, 2.24) is 15.5 Å². The van der Waals surface area contributed by atoms with Crippen LogP contribution in [0.1, 0.15) is 5.56 Å². The Balaban J connectivity index is 1.75. The molecule has 1 aliphatic heterocycles. The minimum atomic E-state index is -0.0217. The lowest BCUT2D eigenvalue weighted by molar-refractivity contribution is -0.119. The normalized spacial score (nSPS) is 18.0. The van der Waals surface area contributed by atoms with Gasteiger partial charge in [-0.15, -0.1) is 0 Å². The molecule has 25 heavy (non-hydrogen) atoms. The molecule has 0 spiro atoms. The lowest BCUT2D eigenvalue weighted by Crippen LogP contribution is -2.47. The minimum Gasteiger partial charge on any atom is -0.383 e. The summed E-state index contributed by atoms with van der Waals surface area (Å²) in [5, 5.41) is 7.72. The van der Waals surface area contributed by atoms with Gasteiger partial charge in [0.05, 0.1) is 33.5 Å². The van der Waals surface area contributed by atoms with Crippen molar-refractivity contribution in [3.05, 3.63) is 45.4 Å². The van der Waals surface area contributed by atoms with E-state index in [9.17, 15) is 4.79 Å². The summed E-state index contributed by atoms with van der Waals surface area (Å²) in [6.45, 7) is 7.32. The number of benzene rings is 1. The zero-order valence-electron chi connectivity index (χ0n) is 14.2. The molecule has 8 heteroatoms. The Morgan fingerprint density at radius 3 is 2.96 bits per heavy atom. The second-order valence-corrected chi connectivity index (χ2v) is 7.63. The molecule has 1 aromatic rings. The third-order valence-electron chi connectivity index (χ3n) is 3.80. The van der Waals surface area contributed by atoms with E-state index in [4.69, 9.17) is 27.9 Å². The molecule has 1 heterocycles. The summed E-state index contributed by atoms with van der Waals surface area (Å²) in [6, 6.07) is 5.68. The summed E-state index contributed by atoms with van der Waals surface area (Å²) in [5.74, 6) is 0.325. The fraction of sp³-hybridized carbons (Fsp3) is 0.471.